The van der Waals surface area contributed by atoms with Gasteiger partial charge in [0.2, 0.25) is 5.91 Å². The molecule has 2 aromatic carbocycles. The Bertz CT molecular complexity index is 791. The molecule has 1 aliphatic heterocycles. The largest absolute Gasteiger partial charge is 0.325 e. The topological polar surface area (TPSA) is 49.4 Å². The minimum atomic E-state index is -0.162. The number of rotatable bonds is 5. The third-order valence-corrected chi connectivity index (χ3v) is 5.92. The number of aryl methyl sites for hydroxylation is 2. The minimum Gasteiger partial charge on any atom is -0.325 e. The predicted octanol–water partition coefficient (Wildman–Crippen LogP) is 4.56. The van der Waals surface area contributed by atoms with E-state index in [1.54, 1.807) is 16.7 Å². The monoisotopic (exact) mass is 372 g/mol. The van der Waals surface area contributed by atoms with Gasteiger partial charge in [-0.25, -0.2) is 0 Å². The first-order valence-electron chi connectivity index (χ1n) is 8.08. The number of thioether (sulfide) groups is 1. The number of anilines is 1. The molecule has 130 valence electrons. The Hall–Kier alpha value is -1.92. The van der Waals surface area contributed by atoms with Crippen LogP contribution < -0.4 is 5.32 Å². The molecule has 0 radical (unpaired) electrons. The Morgan fingerprint density at radius 3 is 2.48 bits per heavy atom. The molecule has 4 nitrogen and oxygen atoms in total. The van der Waals surface area contributed by atoms with Crippen LogP contribution in [-0.4, -0.2) is 34.9 Å². The molecule has 25 heavy (non-hydrogen) atoms. The van der Waals surface area contributed by atoms with Gasteiger partial charge in [0.05, 0.1) is 0 Å². The van der Waals surface area contributed by atoms with E-state index in [-0.39, 0.29) is 17.7 Å². The number of benzene rings is 2. The van der Waals surface area contributed by atoms with Crippen LogP contribution in [0.2, 0.25) is 0 Å². The van der Waals surface area contributed by atoms with Crippen molar-refractivity contribution < 1.29 is 9.59 Å². The first-order valence-corrected chi connectivity index (χ1v) is 9.88. The minimum absolute atomic E-state index is 0.0183. The maximum absolute atomic E-state index is 12.0. The van der Waals surface area contributed by atoms with Crippen LogP contribution in [0.3, 0.4) is 0 Å². The molecule has 6 heteroatoms. The second kappa shape index (κ2) is 7.97. The number of hydrogen-bond donors (Lipinski definition) is 1. The molecule has 0 bridgehead atoms. The van der Waals surface area contributed by atoms with Gasteiger partial charge >= 0.3 is 0 Å². The van der Waals surface area contributed by atoms with Crippen LogP contribution in [0.1, 0.15) is 11.1 Å². The summed E-state index contributed by atoms with van der Waals surface area (Å²) in [5.74, 6) is 0.599. The van der Waals surface area contributed by atoms with Crippen molar-refractivity contribution in [3.8, 4) is 0 Å². The Labute approximate surface area is 156 Å². The average molecular weight is 373 g/mol. The molecule has 1 N–H and O–H groups in total. The number of nitrogens with one attached hydrogen (secondary N) is 1. The standard InChI is InChI=1S/C19H20N2O2S2/c1-13-3-6-17(11-14(13)2)25-16-7-4-15(5-8-16)20-18(22)12-21-9-10-24-19(21)23/h3-8,11H,9-10,12H2,1-2H3,(H,20,22). The van der Waals surface area contributed by atoms with E-state index in [1.807, 2.05) is 24.3 Å². The van der Waals surface area contributed by atoms with E-state index in [2.05, 4.69) is 37.4 Å². The molecule has 1 saturated heterocycles. The molecule has 2 amide bonds. The molecule has 0 atom stereocenters. The molecule has 1 aliphatic rings. The maximum atomic E-state index is 12.0. The zero-order valence-corrected chi connectivity index (χ0v) is 15.9. The van der Waals surface area contributed by atoms with Gasteiger partial charge < -0.3 is 10.2 Å². The van der Waals surface area contributed by atoms with Crippen LogP contribution in [0.15, 0.2) is 52.3 Å². The predicted molar refractivity (Wildman–Crippen MR) is 105 cm³/mol. The smallest absolute Gasteiger partial charge is 0.282 e. The molecule has 0 aromatic heterocycles. The highest BCUT2D eigenvalue weighted by molar-refractivity contribution is 8.13. The summed E-state index contributed by atoms with van der Waals surface area (Å²) in [5, 5.41) is 2.83. The van der Waals surface area contributed by atoms with Gasteiger partial charge in [-0.15, -0.1) is 0 Å². The van der Waals surface area contributed by atoms with Gasteiger partial charge in [-0.3, -0.25) is 9.59 Å². The third kappa shape index (κ3) is 4.80. The van der Waals surface area contributed by atoms with Crippen molar-refractivity contribution in [1.29, 1.82) is 0 Å². The highest BCUT2D eigenvalue weighted by atomic mass is 32.2. The van der Waals surface area contributed by atoms with E-state index in [9.17, 15) is 9.59 Å². The van der Waals surface area contributed by atoms with E-state index in [0.29, 0.717) is 6.54 Å². The molecule has 2 aromatic rings. The Morgan fingerprint density at radius 1 is 1.12 bits per heavy atom. The van der Waals surface area contributed by atoms with Crippen molar-refractivity contribution in [1.82, 2.24) is 4.90 Å². The lowest BCUT2D eigenvalue weighted by molar-refractivity contribution is -0.116. The van der Waals surface area contributed by atoms with Crippen LogP contribution in [0.25, 0.3) is 0 Å². The fraction of sp³-hybridized carbons (Fsp3) is 0.263. The third-order valence-electron chi connectivity index (χ3n) is 4.03. The number of carbonyl (C=O) groups is 2. The van der Waals surface area contributed by atoms with E-state index < -0.39 is 0 Å². The molecular weight excluding hydrogens is 352 g/mol. The summed E-state index contributed by atoms with van der Waals surface area (Å²) in [6, 6.07) is 14.2. The number of carbonyl (C=O) groups excluding carboxylic acids is 2. The van der Waals surface area contributed by atoms with Crippen molar-refractivity contribution >= 4 is 40.4 Å². The Kier molecular flexibility index (Phi) is 5.71. The van der Waals surface area contributed by atoms with Crippen LogP contribution in [0.5, 0.6) is 0 Å². The van der Waals surface area contributed by atoms with E-state index in [0.717, 1.165) is 16.3 Å². The van der Waals surface area contributed by atoms with Gasteiger partial charge in [0.15, 0.2) is 0 Å². The van der Waals surface area contributed by atoms with Gasteiger partial charge in [0, 0.05) is 27.8 Å². The van der Waals surface area contributed by atoms with Crippen molar-refractivity contribution in [2.45, 2.75) is 23.6 Å². The second-order valence-corrected chi connectivity index (χ2v) is 8.15. The molecule has 1 heterocycles. The van der Waals surface area contributed by atoms with Gasteiger partial charge in [0.1, 0.15) is 6.54 Å². The summed E-state index contributed by atoms with van der Waals surface area (Å²) in [7, 11) is 0. The number of nitrogens with zero attached hydrogens (tertiary/aromatic N) is 1. The first-order chi connectivity index (χ1) is 12.0. The van der Waals surface area contributed by atoms with Crippen molar-refractivity contribution in [2.24, 2.45) is 0 Å². The average Bonchev–Trinajstić information content (AvgIpc) is 2.98. The molecule has 3 rings (SSSR count). The highest BCUT2D eigenvalue weighted by Crippen LogP contribution is 2.29. The Morgan fingerprint density at radius 2 is 1.84 bits per heavy atom. The number of hydrogen-bond acceptors (Lipinski definition) is 4. The normalized spacial score (nSPS) is 14.0. The van der Waals surface area contributed by atoms with Gasteiger partial charge in [-0.2, -0.15) is 0 Å². The summed E-state index contributed by atoms with van der Waals surface area (Å²) in [6.45, 7) is 4.98. The molecular formula is C19H20N2O2S2. The van der Waals surface area contributed by atoms with Crippen LogP contribution in [0.4, 0.5) is 10.5 Å². The van der Waals surface area contributed by atoms with E-state index in [1.165, 1.54) is 27.8 Å². The summed E-state index contributed by atoms with van der Waals surface area (Å²) in [4.78, 5) is 27.5. The van der Waals surface area contributed by atoms with Crippen molar-refractivity contribution in [3.05, 3.63) is 53.6 Å². The summed E-state index contributed by atoms with van der Waals surface area (Å²) < 4.78 is 0. The fourth-order valence-corrected chi connectivity index (χ4v) is 4.20. The summed E-state index contributed by atoms with van der Waals surface area (Å²) in [5.41, 5.74) is 3.31. The lowest BCUT2D eigenvalue weighted by atomic mass is 10.1. The van der Waals surface area contributed by atoms with Crippen molar-refractivity contribution in [3.63, 3.8) is 0 Å². The van der Waals surface area contributed by atoms with Crippen LogP contribution in [-0.2, 0) is 4.79 Å². The quantitative estimate of drug-likeness (QED) is 0.836. The molecule has 0 unspecified atom stereocenters. The van der Waals surface area contributed by atoms with Crippen LogP contribution in [0, 0.1) is 13.8 Å². The lowest BCUT2D eigenvalue weighted by Gasteiger charge is -2.14. The van der Waals surface area contributed by atoms with E-state index >= 15 is 0 Å². The second-order valence-electron chi connectivity index (χ2n) is 5.96. The van der Waals surface area contributed by atoms with Gasteiger partial charge in [-0.05, 0) is 61.4 Å². The van der Waals surface area contributed by atoms with Crippen LogP contribution >= 0.6 is 23.5 Å². The first kappa shape index (κ1) is 17.9. The van der Waals surface area contributed by atoms with Gasteiger partial charge in [0.25, 0.3) is 5.24 Å². The van der Waals surface area contributed by atoms with Gasteiger partial charge in [-0.1, -0.05) is 29.6 Å². The number of amides is 2. The lowest BCUT2D eigenvalue weighted by Crippen LogP contribution is -2.33. The summed E-state index contributed by atoms with van der Waals surface area (Å²) in [6.07, 6.45) is 0. The maximum Gasteiger partial charge on any atom is 0.282 e. The van der Waals surface area contributed by atoms with E-state index in [4.69, 9.17) is 0 Å². The molecule has 0 aliphatic carbocycles. The Balaban J connectivity index is 1.57. The highest BCUT2D eigenvalue weighted by Gasteiger charge is 2.23. The SMILES string of the molecule is Cc1ccc(Sc2ccc(NC(=O)CN3CCSC3=O)cc2)cc1C. The molecule has 0 saturated carbocycles. The summed E-state index contributed by atoms with van der Waals surface area (Å²) >= 11 is 2.96. The molecule has 1 fully saturated rings. The zero-order chi connectivity index (χ0) is 17.8. The molecule has 0 spiro atoms. The van der Waals surface area contributed by atoms with Crippen molar-refractivity contribution in [2.75, 3.05) is 24.2 Å². The fourth-order valence-electron chi connectivity index (χ4n) is 2.46. The zero-order valence-electron chi connectivity index (χ0n) is 14.2.